The number of aliphatic hydroxyl groups is 1. The maximum Gasteiger partial charge on any atom is 0.123 e. The summed E-state index contributed by atoms with van der Waals surface area (Å²) in [7, 11) is 3.75. The van der Waals surface area contributed by atoms with Crippen LogP contribution in [-0.4, -0.2) is 74.5 Å². The van der Waals surface area contributed by atoms with Gasteiger partial charge in [0.1, 0.15) is 24.2 Å². The fourth-order valence-corrected chi connectivity index (χ4v) is 2.26. The van der Waals surface area contributed by atoms with E-state index in [4.69, 9.17) is 9.47 Å². The normalized spacial score (nSPS) is 18.8. The number of hydrogen-bond donors (Lipinski definition) is 1. The van der Waals surface area contributed by atoms with Gasteiger partial charge in [0.2, 0.25) is 0 Å². The van der Waals surface area contributed by atoms with E-state index in [1.807, 2.05) is 24.3 Å². The summed E-state index contributed by atoms with van der Waals surface area (Å²) in [5.74, 6) is 1.48. The molecule has 0 aliphatic carbocycles. The Morgan fingerprint density at radius 3 is 2.60 bits per heavy atom. The smallest absolute Gasteiger partial charge is 0.123 e. The first-order valence-electron chi connectivity index (χ1n) is 7.03. The zero-order valence-corrected chi connectivity index (χ0v) is 12.3. The van der Waals surface area contributed by atoms with Gasteiger partial charge in [-0.1, -0.05) is 6.07 Å². The van der Waals surface area contributed by atoms with Crippen LogP contribution in [0.5, 0.6) is 11.5 Å². The van der Waals surface area contributed by atoms with Crippen molar-refractivity contribution in [3.63, 3.8) is 0 Å². The molecule has 1 fully saturated rings. The monoisotopic (exact) mass is 280 g/mol. The van der Waals surface area contributed by atoms with Crippen LogP contribution in [0.15, 0.2) is 24.3 Å². The molecule has 0 unspecified atom stereocenters. The lowest BCUT2D eigenvalue weighted by Gasteiger charge is -2.33. The lowest BCUT2D eigenvalue weighted by molar-refractivity contribution is 0.0504. The van der Waals surface area contributed by atoms with Crippen molar-refractivity contribution in [1.82, 2.24) is 9.80 Å². The van der Waals surface area contributed by atoms with Crippen molar-refractivity contribution < 1.29 is 14.6 Å². The standard InChI is InChI=1S/C15H24N2O3/c1-16-6-8-17(9-7-16)11-13(18)12-20-15-5-3-4-14(10-15)19-2/h3-5,10,13,18H,6-9,11-12H2,1-2H3/t13-/m0/s1. The molecule has 5 nitrogen and oxygen atoms in total. The van der Waals surface area contributed by atoms with Gasteiger partial charge >= 0.3 is 0 Å². The van der Waals surface area contributed by atoms with Crippen molar-refractivity contribution in [1.29, 1.82) is 0 Å². The largest absolute Gasteiger partial charge is 0.497 e. The Kier molecular flexibility index (Phi) is 5.64. The van der Waals surface area contributed by atoms with Crippen molar-refractivity contribution in [3.05, 3.63) is 24.3 Å². The van der Waals surface area contributed by atoms with Crippen LogP contribution < -0.4 is 9.47 Å². The molecule has 0 radical (unpaired) electrons. The molecule has 1 aromatic rings. The van der Waals surface area contributed by atoms with Gasteiger partial charge in [-0.3, -0.25) is 4.90 Å². The van der Waals surface area contributed by atoms with Gasteiger partial charge in [-0.25, -0.2) is 0 Å². The number of aliphatic hydroxyl groups excluding tert-OH is 1. The molecular weight excluding hydrogens is 256 g/mol. The number of rotatable bonds is 6. The Bertz CT molecular complexity index is 406. The number of methoxy groups -OCH3 is 1. The highest BCUT2D eigenvalue weighted by Crippen LogP contribution is 2.18. The molecular formula is C15H24N2O3. The Labute approximate surface area is 120 Å². The van der Waals surface area contributed by atoms with Crippen molar-refractivity contribution in [2.45, 2.75) is 6.10 Å². The molecule has 0 amide bonds. The molecule has 1 saturated heterocycles. The van der Waals surface area contributed by atoms with E-state index >= 15 is 0 Å². The van der Waals surface area contributed by atoms with Crippen molar-refractivity contribution >= 4 is 0 Å². The number of hydrogen-bond acceptors (Lipinski definition) is 5. The van der Waals surface area contributed by atoms with Crippen LogP contribution in [0.3, 0.4) is 0 Å². The second-order valence-electron chi connectivity index (χ2n) is 5.25. The third kappa shape index (κ3) is 4.67. The minimum Gasteiger partial charge on any atom is -0.497 e. The molecule has 5 heteroatoms. The van der Waals surface area contributed by atoms with Gasteiger partial charge < -0.3 is 19.5 Å². The van der Waals surface area contributed by atoms with Crippen molar-refractivity contribution in [2.75, 3.05) is 53.5 Å². The Morgan fingerprint density at radius 1 is 1.20 bits per heavy atom. The molecule has 2 rings (SSSR count). The molecule has 20 heavy (non-hydrogen) atoms. The van der Waals surface area contributed by atoms with Gasteiger partial charge in [-0.05, 0) is 19.2 Å². The van der Waals surface area contributed by atoms with E-state index in [0.717, 1.165) is 37.7 Å². The highest BCUT2D eigenvalue weighted by Gasteiger charge is 2.17. The van der Waals surface area contributed by atoms with Crippen LogP contribution in [0.1, 0.15) is 0 Å². The highest BCUT2D eigenvalue weighted by atomic mass is 16.5. The average Bonchev–Trinajstić information content (AvgIpc) is 2.48. The van der Waals surface area contributed by atoms with E-state index in [9.17, 15) is 5.11 Å². The van der Waals surface area contributed by atoms with E-state index < -0.39 is 6.10 Å². The molecule has 1 aliphatic rings. The Morgan fingerprint density at radius 2 is 1.90 bits per heavy atom. The van der Waals surface area contributed by atoms with Crippen LogP contribution in [-0.2, 0) is 0 Å². The first kappa shape index (κ1) is 15.1. The lowest BCUT2D eigenvalue weighted by atomic mass is 10.2. The second kappa shape index (κ2) is 7.47. The average molecular weight is 280 g/mol. The predicted octanol–water partition coefficient (Wildman–Crippen LogP) is 0.682. The van der Waals surface area contributed by atoms with Gasteiger partial charge in [-0.15, -0.1) is 0 Å². The topological polar surface area (TPSA) is 45.2 Å². The SMILES string of the molecule is COc1cccc(OC[C@@H](O)CN2CCN(C)CC2)c1. The fourth-order valence-electron chi connectivity index (χ4n) is 2.26. The van der Waals surface area contributed by atoms with Gasteiger partial charge in [-0.2, -0.15) is 0 Å². The molecule has 1 atom stereocenters. The van der Waals surface area contributed by atoms with E-state index in [1.54, 1.807) is 7.11 Å². The number of β-amino-alcohol motifs (C(OH)–C–C–N with tert-alkyl or cyclic N) is 1. The van der Waals surface area contributed by atoms with Gasteiger partial charge in [0.05, 0.1) is 7.11 Å². The lowest BCUT2D eigenvalue weighted by Crippen LogP contribution is -2.47. The summed E-state index contributed by atoms with van der Waals surface area (Å²) in [6, 6.07) is 7.43. The van der Waals surface area contributed by atoms with Crippen LogP contribution >= 0.6 is 0 Å². The Hall–Kier alpha value is -1.30. The van der Waals surface area contributed by atoms with E-state index in [2.05, 4.69) is 16.8 Å². The summed E-state index contributed by atoms with van der Waals surface area (Å²) in [5, 5.41) is 10.0. The number of benzene rings is 1. The molecule has 0 aromatic heterocycles. The van der Waals surface area contributed by atoms with Crippen LogP contribution in [0.2, 0.25) is 0 Å². The van der Waals surface area contributed by atoms with Crippen LogP contribution in [0.4, 0.5) is 0 Å². The van der Waals surface area contributed by atoms with Crippen LogP contribution in [0.25, 0.3) is 0 Å². The Balaban J connectivity index is 1.73. The van der Waals surface area contributed by atoms with Crippen LogP contribution in [0, 0.1) is 0 Å². The molecule has 1 N–H and O–H groups in total. The third-order valence-electron chi connectivity index (χ3n) is 3.55. The van der Waals surface area contributed by atoms with E-state index in [1.165, 1.54) is 0 Å². The van der Waals surface area contributed by atoms with Gasteiger partial charge in [0.15, 0.2) is 0 Å². The minimum absolute atomic E-state index is 0.305. The summed E-state index contributed by atoms with van der Waals surface area (Å²) in [5.41, 5.74) is 0. The van der Waals surface area contributed by atoms with Crippen molar-refractivity contribution in [2.24, 2.45) is 0 Å². The zero-order valence-electron chi connectivity index (χ0n) is 12.3. The quantitative estimate of drug-likeness (QED) is 0.830. The number of nitrogens with zero attached hydrogens (tertiary/aromatic N) is 2. The maximum absolute atomic E-state index is 10.0. The summed E-state index contributed by atoms with van der Waals surface area (Å²) >= 11 is 0. The minimum atomic E-state index is -0.468. The summed E-state index contributed by atoms with van der Waals surface area (Å²) in [4.78, 5) is 4.58. The summed E-state index contributed by atoms with van der Waals surface area (Å²) in [6.45, 7) is 5.10. The zero-order chi connectivity index (χ0) is 14.4. The number of piperazine rings is 1. The molecule has 0 saturated carbocycles. The summed E-state index contributed by atoms with van der Waals surface area (Å²) in [6.07, 6.45) is -0.468. The molecule has 1 heterocycles. The van der Waals surface area contributed by atoms with Gasteiger partial charge in [0.25, 0.3) is 0 Å². The first-order valence-corrected chi connectivity index (χ1v) is 7.03. The molecule has 1 aromatic carbocycles. The predicted molar refractivity (Wildman–Crippen MR) is 78.4 cm³/mol. The molecule has 1 aliphatic heterocycles. The first-order chi connectivity index (χ1) is 9.67. The number of likely N-dealkylation sites (N-methyl/N-ethyl adjacent to an activating group) is 1. The van der Waals surface area contributed by atoms with Gasteiger partial charge in [0, 0.05) is 38.8 Å². The second-order valence-corrected chi connectivity index (χ2v) is 5.25. The molecule has 112 valence electrons. The fraction of sp³-hybridized carbons (Fsp3) is 0.600. The maximum atomic E-state index is 10.0. The molecule has 0 bridgehead atoms. The highest BCUT2D eigenvalue weighted by molar-refractivity contribution is 5.32. The van der Waals surface area contributed by atoms with Crippen molar-refractivity contribution in [3.8, 4) is 11.5 Å². The summed E-state index contributed by atoms with van der Waals surface area (Å²) < 4.78 is 10.7. The molecule has 0 spiro atoms. The van der Waals surface area contributed by atoms with E-state index in [0.29, 0.717) is 13.2 Å². The third-order valence-corrected chi connectivity index (χ3v) is 3.55. The number of ether oxygens (including phenoxy) is 2. The van der Waals surface area contributed by atoms with E-state index in [-0.39, 0.29) is 0 Å².